The number of rotatable bonds is 3. The number of hydrogen-bond acceptors (Lipinski definition) is 5. The zero-order valence-corrected chi connectivity index (χ0v) is 15.8. The first-order valence-corrected chi connectivity index (χ1v) is 8.59. The van der Waals surface area contributed by atoms with Crippen molar-refractivity contribution >= 4 is 29.2 Å². The molecule has 0 saturated carbocycles. The summed E-state index contributed by atoms with van der Waals surface area (Å²) in [5.41, 5.74) is -0.748. The van der Waals surface area contributed by atoms with Crippen LogP contribution in [-0.4, -0.2) is 23.2 Å². The molecule has 0 amide bonds. The molecule has 26 heavy (non-hydrogen) atoms. The lowest BCUT2D eigenvalue weighted by Gasteiger charge is -2.15. The van der Waals surface area contributed by atoms with E-state index in [4.69, 9.17) is 37.1 Å². The normalized spacial score (nSPS) is 17.5. The van der Waals surface area contributed by atoms with Gasteiger partial charge in [0.15, 0.2) is 17.0 Å². The average molecular weight is 404 g/mol. The summed E-state index contributed by atoms with van der Waals surface area (Å²) in [5.74, 6) is -1.90. The van der Waals surface area contributed by atoms with Gasteiger partial charge in [0.05, 0.1) is 17.3 Å². The second kappa shape index (κ2) is 6.63. The molecule has 6 nitrogen and oxygen atoms in total. The Kier molecular flexibility index (Phi) is 4.79. The van der Waals surface area contributed by atoms with Gasteiger partial charge < -0.3 is 13.9 Å². The molecule has 1 aliphatic rings. The molecule has 0 bridgehead atoms. The fraction of sp³-hybridized carbons (Fsp3) is 0.412. The number of ether oxygens (including phenoxy) is 2. The third-order valence-corrected chi connectivity index (χ3v) is 4.47. The van der Waals surface area contributed by atoms with Crippen LogP contribution < -0.4 is 10.5 Å². The molecule has 2 aromatic rings. The second-order valence-corrected chi connectivity index (χ2v) is 7.64. The molecule has 9 heteroatoms. The fourth-order valence-corrected chi connectivity index (χ4v) is 3.22. The van der Waals surface area contributed by atoms with Crippen LogP contribution in [0.1, 0.15) is 33.0 Å². The number of hydrogen-bond donors (Lipinski definition) is 0. The van der Waals surface area contributed by atoms with Gasteiger partial charge in [-0.2, -0.15) is 0 Å². The highest BCUT2D eigenvalue weighted by Gasteiger charge is 2.31. The van der Waals surface area contributed by atoms with E-state index in [-0.39, 0.29) is 34.0 Å². The summed E-state index contributed by atoms with van der Waals surface area (Å²) in [4.78, 5) is 23.8. The highest BCUT2D eigenvalue weighted by Crippen LogP contribution is 2.35. The first-order valence-electron chi connectivity index (χ1n) is 7.84. The van der Waals surface area contributed by atoms with Gasteiger partial charge in [0.25, 0.3) is 0 Å². The summed E-state index contributed by atoms with van der Waals surface area (Å²) < 4.78 is 30.9. The summed E-state index contributed by atoms with van der Waals surface area (Å²) >= 11 is 12.3. The Balaban J connectivity index is 2.09. The molecule has 1 aromatic carbocycles. The first-order chi connectivity index (χ1) is 12.1. The standard InChI is InChI=1S/C17H16Cl2FNO5/c1-17(2,3)13-14(19)21(16(23)26-13)10-7-12(8(18)6-9(10)20)25-11-4-5-24-15(11)22/h6-7,11H,4-5H2,1-3H3. The van der Waals surface area contributed by atoms with Crippen molar-refractivity contribution in [3.8, 4) is 11.4 Å². The molecule has 1 fully saturated rings. The summed E-state index contributed by atoms with van der Waals surface area (Å²) in [6.45, 7) is 5.65. The lowest BCUT2D eigenvalue weighted by Crippen LogP contribution is -2.22. The van der Waals surface area contributed by atoms with Crippen LogP contribution in [-0.2, 0) is 14.9 Å². The van der Waals surface area contributed by atoms with E-state index in [1.807, 2.05) is 0 Å². The van der Waals surface area contributed by atoms with Crippen molar-refractivity contribution in [1.82, 2.24) is 4.57 Å². The van der Waals surface area contributed by atoms with Gasteiger partial charge in [0.2, 0.25) is 0 Å². The molecule has 1 aliphatic heterocycles. The molecule has 1 atom stereocenters. The maximum atomic E-state index is 14.5. The summed E-state index contributed by atoms with van der Waals surface area (Å²) in [6, 6.07) is 2.19. The van der Waals surface area contributed by atoms with Crippen molar-refractivity contribution in [2.75, 3.05) is 6.61 Å². The van der Waals surface area contributed by atoms with Crippen molar-refractivity contribution in [3.63, 3.8) is 0 Å². The Morgan fingerprint density at radius 1 is 1.27 bits per heavy atom. The van der Waals surface area contributed by atoms with Gasteiger partial charge in [0.1, 0.15) is 11.6 Å². The van der Waals surface area contributed by atoms with Gasteiger partial charge in [-0.3, -0.25) is 0 Å². The zero-order chi connectivity index (χ0) is 19.2. The Morgan fingerprint density at radius 2 is 1.96 bits per heavy atom. The van der Waals surface area contributed by atoms with Gasteiger partial charge in [-0.15, -0.1) is 0 Å². The van der Waals surface area contributed by atoms with Gasteiger partial charge in [-0.25, -0.2) is 18.5 Å². The summed E-state index contributed by atoms with van der Waals surface area (Å²) in [5, 5.41) is -0.0930. The van der Waals surface area contributed by atoms with Crippen molar-refractivity contribution in [2.24, 2.45) is 0 Å². The van der Waals surface area contributed by atoms with Crippen LogP contribution in [0.25, 0.3) is 5.69 Å². The van der Waals surface area contributed by atoms with Gasteiger partial charge in [-0.05, 0) is 6.07 Å². The van der Waals surface area contributed by atoms with E-state index < -0.39 is 29.1 Å². The fourth-order valence-electron chi connectivity index (χ4n) is 2.54. The van der Waals surface area contributed by atoms with Crippen LogP contribution in [0.4, 0.5) is 4.39 Å². The third kappa shape index (κ3) is 3.33. The quantitative estimate of drug-likeness (QED) is 0.727. The lowest BCUT2D eigenvalue weighted by molar-refractivity contribution is -0.143. The van der Waals surface area contributed by atoms with E-state index in [1.165, 1.54) is 6.07 Å². The van der Waals surface area contributed by atoms with Crippen LogP contribution >= 0.6 is 23.2 Å². The van der Waals surface area contributed by atoms with Crippen molar-refractivity contribution < 1.29 is 23.1 Å². The minimum Gasteiger partial charge on any atom is -0.477 e. The SMILES string of the molecule is CC(C)(C)c1oc(=O)n(-c2cc(OC3CCOC3=O)c(Cl)cc2F)c1Cl. The number of nitrogens with zero attached hydrogens (tertiary/aromatic N) is 1. The first kappa shape index (κ1) is 18.8. The third-order valence-electron chi connectivity index (χ3n) is 3.84. The number of oxazole rings is 1. The topological polar surface area (TPSA) is 70.7 Å². The molecular weight excluding hydrogens is 388 g/mol. The van der Waals surface area contributed by atoms with Crippen LogP contribution in [0.3, 0.4) is 0 Å². The van der Waals surface area contributed by atoms with Crippen LogP contribution in [0.2, 0.25) is 10.2 Å². The molecule has 140 valence electrons. The molecule has 0 N–H and O–H groups in total. The van der Waals surface area contributed by atoms with Crippen LogP contribution in [0.15, 0.2) is 21.3 Å². The number of cyclic esters (lactones) is 1. The van der Waals surface area contributed by atoms with Crippen LogP contribution in [0, 0.1) is 5.82 Å². The van der Waals surface area contributed by atoms with Crippen molar-refractivity contribution in [3.05, 3.63) is 44.4 Å². The van der Waals surface area contributed by atoms with E-state index in [9.17, 15) is 14.0 Å². The molecule has 1 aromatic heterocycles. The summed E-state index contributed by atoms with van der Waals surface area (Å²) in [6.07, 6.45) is -0.491. The summed E-state index contributed by atoms with van der Waals surface area (Å²) in [7, 11) is 0. The highest BCUT2D eigenvalue weighted by molar-refractivity contribution is 6.32. The predicted molar refractivity (Wildman–Crippen MR) is 93.0 cm³/mol. The van der Waals surface area contributed by atoms with E-state index in [2.05, 4.69) is 0 Å². The van der Waals surface area contributed by atoms with E-state index >= 15 is 0 Å². The Labute approximate surface area is 158 Å². The molecule has 0 spiro atoms. The number of halogens is 3. The second-order valence-electron chi connectivity index (χ2n) is 6.87. The maximum Gasteiger partial charge on any atom is 0.425 e. The smallest absolute Gasteiger partial charge is 0.425 e. The molecule has 2 heterocycles. The van der Waals surface area contributed by atoms with Crippen molar-refractivity contribution in [1.29, 1.82) is 0 Å². The minimum absolute atomic E-state index is 0.0355. The van der Waals surface area contributed by atoms with Gasteiger partial charge in [-0.1, -0.05) is 44.0 Å². The average Bonchev–Trinajstić information content (AvgIpc) is 3.06. The molecule has 1 saturated heterocycles. The number of carbonyl (C=O) groups excluding carboxylic acids is 1. The number of aromatic nitrogens is 1. The Bertz CT molecular complexity index is 928. The molecule has 1 unspecified atom stereocenters. The largest absolute Gasteiger partial charge is 0.477 e. The predicted octanol–water partition coefficient (Wildman–Crippen LogP) is 3.87. The molecule has 0 radical (unpaired) electrons. The van der Waals surface area contributed by atoms with Gasteiger partial charge in [0, 0.05) is 17.9 Å². The minimum atomic E-state index is -0.840. The van der Waals surface area contributed by atoms with Crippen LogP contribution in [0.5, 0.6) is 5.75 Å². The molecule has 3 rings (SSSR count). The Morgan fingerprint density at radius 3 is 2.50 bits per heavy atom. The lowest BCUT2D eigenvalue weighted by atomic mass is 9.94. The van der Waals surface area contributed by atoms with E-state index in [0.29, 0.717) is 6.42 Å². The number of carbonyl (C=O) groups is 1. The van der Waals surface area contributed by atoms with Crippen molar-refractivity contribution in [2.45, 2.75) is 38.7 Å². The van der Waals surface area contributed by atoms with E-state index in [1.54, 1.807) is 20.8 Å². The Hall–Kier alpha value is -1.99. The maximum absolute atomic E-state index is 14.5. The number of benzene rings is 1. The highest BCUT2D eigenvalue weighted by atomic mass is 35.5. The number of esters is 1. The van der Waals surface area contributed by atoms with E-state index in [0.717, 1.165) is 10.6 Å². The molecular formula is C17H16Cl2FNO5. The molecule has 0 aliphatic carbocycles. The van der Waals surface area contributed by atoms with Gasteiger partial charge >= 0.3 is 11.7 Å². The monoisotopic (exact) mass is 403 g/mol. The zero-order valence-electron chi connectivity index (χ0n) is 14.3.